The normalized spacial score (nSPS) is 18.5. The van der Waals surface area contributed by atoms with Gasteiger partial charge in [0.05, 0.1) is 17.2 Å². The highest BCUT2D eigenvalue weighted by Gasteiger charge is 2.43. The number of carbonyl (C=O) groups is 1. The number of nitrogens with one attached hydrogen (secondary N) is 1. The van der Waals surface area contributed by atoms with Crippen LogP contribution in [0, 0.1) is 5.82 Å². The molecule has 1 atom stereocenters. The Bertz CT molecular complexity index is 1100. The van der Waals surface area contributed by atoms with Crippen LogP contribution in [0.2, 0.25) is 0 Å². The summed E-state index contributed by atoms with van der Waals surface area (Å²) in [6.45, 7) is 5.19. The summed E-state index contributed by atoms with van der Waals surface area (Å²) in [5.41, 5.74) is 1.27. The lowest BCUT2D eigenvalue weighted by Gasteiger charge is -2.21. The van der Waals surface area contributed by atoms with Crippen molar-refractivity contribution in [2.75, 3.05) is 6.54 Å². The molecule has 2 N–H and O–H groups in total. The number of hydroxylamine groups is 1. The molecule has 1 heterocycles. The predicted molar refractivity (Wildman–Crippen MR) is 113 cm³/mol. The monoisotopic (exact) mass is 465 g/mol. The van der Waals surface area contributed by atoms with Gasteiger partial charge in [-0.05, 0) is 69.3 Å². The second kappa shape index (κ2) is 9.23. The highest BCUT2D eigenvalue weighted by Crippen LogP contribution is 2.28. The van der Waals surface area contributed by atoms with E-state index in [1.54, 1.807) is 20.8 Å². The van der Waals surface area contributed by atoms with Gasteiger partial charge < -0.3 is 9.57 Å². The number of halogens is 1. The van der Waals surface area contributed by atoms with E-state index in [0.717, 1.165) is 4.31 Å². The summed E-state index contributed by atoms with van der Waals surface area (Å²) in [6.07, 6.45) is -0.0204. The Morgan fingerprint density at radius 3 is 2.22 bits per heavy atom. The molecular weight excluding hydrogens is 441 g/mol. The summed E-state index contributed by atoms with van der Waals surface area (Å²) in [5.74, 6) is -0.532. The van der Waals surface area contributed by atoms with E-state index in [2.05, 4.69) is 5.16 Å². The number of amides is 1. The van der Waals surface area contributed by atoms with Gasteiger partial charge in [0.25, 0.3) is 5.91 Å². The van der Waals surface area contributed by atoms with Gasteiger partial charge in [0.15, 0.2) is 0 Å². The lowest BCUT2D eigenvalue weighted by Crippen LogP contribution is -2.45. The van der Waals surface area contributed by atoms with E-state index in [9.17, 15) is 17.6 Å². The number of hydrogen-bond acceptors (Lipinski definition) is 7. The Morgan fingerprint density at radius 2 is 1.69 bits per heavy atom. The highest BCUT2D eigenvalue weighted by molar-refractivity contribution is 7.89. The van der Waals surface area contributed by atoms with Crippen molar-refractivity contribution < 1.29 is 32.4 Å². The minimum atomic E-state index is -4.11. The molecule has 1 aliphatic rings. The molecule has 11 heteroatoms. The Kier molecular flexibility index (Phi) is 6.82. The first-order chi connectivity index (χ1) is 15.0. The predicted octanol–water partition coefficient (Wildman–Crippen LogP) is 3.06. The third kappa shape index (κ3) is 5.61. The van der Waals surface area contributed by atoms with Gasteiger partial charge in [0.1, 0.15) is 29.0 Å². The molecule has 0 radical (unpaired) electrons. The molecule has 3 rings (SSSR count). The first-order valence-electron chi connectivity index (χ1n) is 9.73. The smallest absolute Gasteiger partial charge is 0.262 e. The first kappa shape index (κ1) is 23.6. The molecule has 172 valence electrons. The fourth-order valence-corrected chi connectivity index (χ4v) is 4.53. The lowest BCUT2D eigenvalue weighted by atomic mass is 10.2. The van der Waals surface area contributed by atoms with Crippen LogP contribution in [0.1, 0.15) is 27.2 Å². The fourth-order valence-electron chi connectivity index (χ4n) is 2.95. The van der Waals surface area contributed by atoms with E-state index >= 15 is 0 Å². The van der Waals surface area contributed by atoms with Crippen molar-refractivity contribution >= 4 is 21.6 Å². The Hall–Kier alpha value is -3.02. The molecule has 1 aliphatic heterocycles. The molecule has 0 aliphatic carbocycles. The van der Waals surface area contributed by atoms with Crippen molar-refractivity contribution in [3.8, 4) is 11.5 Å². The minimum Gasteiger partial charge on any atom is -0.457 e. The number of nitrogens with zero attached hydrogens (tertiary/aromatic N) is 2. The second-order valence-electron chi connectivity index (χ2n) is 8.13. The summed E-state index contributed by atoms with van der Waals surface area (Å²) in [7, 11) is -4.11. The van der Waals surface area contributed by atoms with Crippen LogP contribution >= 0.6 is 0 Å². The molecule has 2 aromatic rings. The highest BCUT2D eigenvalue weighted by atomic mass is 32.2. The Balaban J connectivity index is 1.82. The van der Waals surface area contributed by atoms with E-state index in [4.69, 9.17) is 14.8 Å². The van der Waals surface area contributed by atoms with E-state index < -0.39 is 33.4 Å². The van der Waals surface area contributed by atoms with Gasteiger partial charge in [0, 0.05) is 6.42 Å². The molecular formula is C21H24FN3O6S. The Morgan fingerprint density at radius 1 is 1.12 bits per heavy atom. The SMILES string of the molecule is CC(C)(C)O/N=C1/C[C@@H](C(=O)NO)N(S(=O)(=O)c2ccc(Oc3ccc(F)cc3)cc2)C1. The largest absolute Gasteiger partial charge is 0.457 e. The lowest BCUT2D eigenvalue weighted by molar-refractivity contribution is -0.132. The summed E-state index contributed by atoms with van der Waals surface area (Å²) in [4.78, 5) is 17.4. The molecule has 1 fully saturated rings. The van der Waals surface area contributed by atoms with Crippen molar-refractivity contribution in [3.63, 3.8) is 0 Å². The van der Waals surface area contributed by atoms with E-state index in [1.165, 1.54) is 54.0 Å². The van der Waals surface area contributed by atoms with Crippen LogP contribution in [-0.4, -0.2) is 47.7 Å². The standard InChI is InChI=1S/C21H24FN3O6S/c1-21(2,3)31-24-15-12-19(20(26)23-27)25(13-15)32(28,29)18-10-8-17(9-11-18)30-16-6-4-14(22)5-7-16/h4-11,19,27H,12-13H2,1-3H3,(H,23,26)/b24-15-/t19-/m0/s1. The molecule has 0 saturated carbocycles. The van der Waals surface area contributed by atoms with Crippen molar-refractivity contribution in [1.82, 2.24) is 9.79 Å². The number of hydrogen-bond donors (Lipinski definition) is 2. The van der Waals surface area contributed by atoms with Crippen LogP contribution in [-0.2, 0) is 19.7 Å². The molecule has 0 unspecified atom stereocenters. The topological polar surface area (TPSA) is 118 Å². The molecule has 0 aromatic heterocycles. The number of rotatable bonds is 6. The molecule has 1 amide bonds. The third-order valence-electron chi connectivity index (χ3n) is 4.46. The quantitative estimate of drug-likeness (QED) is 0.500. The number of benzene rings is 2. The van der Waals surface area contributed by atoms with Gasteiger partial charge in [-0.2, -0.15) is 4.31 Å². The average Bonchev–Trinajstić information content (AvgIpc) is 3.19. The summed E-state index contributed by atoms with van der Waals surface area (Å²) in [5, 5.41) is 13.0. The molecule has 1 saturated heterocycles. The van der Waals surface area contributed by atoms with Crippen molar-refractivity contribution in [2.24, 2.45) is 5.16 Å². The maximum atomic E-state index is 13.2. The zero-order chi connectivity index (χ0) is 23.5. The number of oxime groups is 1. The van der Waals surface area contributed by atoms with Gasteiger partial charge in [0.2, 0.25) is 10.0 Å². The number of carbonyl (C=O) groups excluding carboxylic acids is 1. The summed E-state index contributed by atoms with van der Waals surface area (Å²) < 4.78 is 46.0. The molecule has 9 nitrogen and oxygen atoms in total. The molecule has 32 heavy (non-hydrogen) atoms. The van der Waals surface area contributed by atoms with Crippen LogP contribution < -0.4 is 10.2 Å². The van der Waals surface area contributed by atoms with Crippen LogP contribution in [0.3, 0.4) is 0 Å². The fraction of sp³-hybridized carbons (Fsp3) is 0.333. The van der Waals surface area contributed by atoms with Crippen LogP contribution in [0.5, 0.6) is 11.5 Å². The van der Waals surface area contributed by atoms with Crippen molar-refractivity contribution in [1.29, 1.82) is 0 Å². The summed E-state index contributed by atoms with van der Waals surface area (Å²) in [6, 6.07) is 9.78. The van der Waals surface area contributed by atoms with Crippen LogP contribution in [0.25, 0.3) is 0 Å². The summed E-state index contributed by atoms with van der Waals surface area (Å²) >= 11 is 0. The average molecular weight is 466 g/mol. The van der Waals surface area contributed by atoms with Crippen molar-refractivity contribution in [3.05, 3.63) is 54.3 Å². The molecule has 0 spiro atoms. The van der Waals surface area contributed by atoms with E-state index in [1.807, 2.05) is 0 Å². The number of sulfonamides is 1. The number of ether oxygens (including phenoxy) is 1. The molecule has 2 aromatic carbocycles. The van der Waals surface area contributed by atoms with Crippen LogP contribution in [0.4, 0.5) is 4.39 Å². The van der Waals surface area contributed by atoms with Gasteiger partial charge in [-0.15, -0.1) is 0 Å². The second-order valence-corrected chi connectivity index (χ2v) is 10.0. The van der Waals surface area contributed by atoms with Crippen molar-refractivity contribution in [2.45, 2.75) is 43.7 Å². The zero-order valence-electron chi connectivity index (χ0n) is 17.8. The van der Waals surface area contributed by atoms with E-state index in [-0.39, 0.29) is 17.9 Å². The first-order valence-corrected chi connectivity index (χ1v) is 11.2. The van der Waals surface area contributed by atoms with Crippen LogP contribution in [0.15, 0.2) is 58.6 Å². The maximum Gasteiger partial charge on any atom is 0.262 e. The zero-order valence-corrected chi connectivity index (χ0v) is 18.6. The van der Waals surface area contributed by atoms with Gasteiger partial charge in [-0.25, -0.2) is 18.3 Å². The maximum absolute atomic E-state index is 13.2. The Labute approximate surface area is 185 Å². The third-order valence-corrected chi connectivity index (χ3v) is 6.32. The minimum absolute atomic E-state index is 0.0204. The van der Waals surface area contributed by atoms with Gasteiger partial charge in [-0.1, -0.05) is 5.16 Å². The molecule has 0 bridgehead atoms. The van der Waals surface area contributed by atoms with E-state index in [0.29, 0.717) is 17.2 Å². The van der Waals surface area contributed by atoms with Gasteiger partial charge >= 0.3 is 0 Å². The van der Waals surface area contributed by atoms with Gasteiger partial charge in [-0.3, -0.25) is 10.0 Å².